The van der Waals surface area contributed by atoms with E-state index >= 15 is 0 Å². The molecule has 1 saturated carbocycles. The second-order valence-electron chi connectivity index (χ2n) is 10.8. The third-order valence-corrected chi connectivity index (χ3v) is 7.21. The lowest BCUT2D eigenvalue weighted by Gasteiger charge is -2.23. The number of rotatable bonds is 7. The van der Waals surface area contributed by atoms with Crippen LogP contribution in [0.2, 0.25) is 0 Å². The van der Waals surface area contributed by atoms with E-state index < -0.39 is 31.1 Å². The molecule has 1 aliphatic heterocycles. The van der Waals surface area contributed by atoms with Crippen LogP contribution in [0.3, 0.4) is 0 Å². The summed E-state index contributed by atoms with van der Waals surface area (Å²) in [7, 11) is 0. The molecule has 2 fully saturated rings. The van der Waals surface area contributed by atoms with Gasteiger partial charge in [-0.1, -0.05) is 45.0 Å². The van der Waals surface area contributed by atoms with Crippen molar-refractivity contribution in [2.24, 2.45) is 0 Å². The molecule has 1 saturated heterocycles. The summed E-state index contributed by atoms with van der Waals surface area (Å²) >= 11 is 0. The second kappa shape index (κ2) is 10.0. The molecule has 10 nitrogen and oxygen atoms in total. The van der Waals surface area contributed by atoms with Crippen molar-refractivity contribution in [3.8, 4) is 0 Å². The average Bonchev–Trinajstić information content (AvgIpc) is 3.56. The molecule has 0 bridgehead atoms. The van der Waals surface area contributed by atoms with Gasteiger partial charge in [0.15, 0.2) is 23.2 Å². The Kier molecular flexibility index (Phi) is 6.97. The zero-order valence-corrected chi connectivity index (χ0v) is 20.9. The van der Waals surface area contributed by atoms with Crippen LogP contribution >= 0.6 is 0 Å². The zero-order chi connectivity index (χ0) is 25.4. The third-order valence-electron chi connectivity index (χ3n) is 7.21. The summed E-state index contributed by atoms with van der Waals surface area (Å²) in [5.74, 6) is 0.584. The van der Waals surface area contributed by atoms with Crippen LogP contribution in [0.15, 0.2) is 36.9 Å². The molecule has 4 N–H and O–H groups in total. The van der Waals surface area contributed by atoms with Gasteiger partial charge in [-0.2, -0.15) is 0 Å². The Labute approximate surface area is 210 Å². The van der Waals surface area contributed by atoms with Gasteiger partial charge >= 0.3 is 0 Å². The van der Waals surface area contributed by atoms with Gasteiger partial charge in [0.1, 0.15) is 24.6 Å². The van der Waals surface area contributed by atoms with Crippen LogP contribution in [-0.2, 0) is 21.5 Å². The van der Waals surface area contributed by atoms with E-state index in [4.69, 9.17) is 9.47 Å². The maximum absolute atomic E-state index is 10.4. The van der Waals surface area contributed by atoms with Crippen LogP contribution in [0.5, 0.6) is 0 Å². The van der Waals surface area contributed by atoms with Crippen molar-refractivity contribution in [2.75, 3.05) is 11.9 Å². The molecule has 36 heavy (non-hydrogen) atoms. The highest BCUT2D eigenvalue weighted by Crippen LogP contribution is 2.33. The number of imidazole rings is 1. The number of nitrogens with one attached hydrogen (secondary N) is 1. The number of aliphatic hydroxyl groups excluding tert-OH is 3. The molecular formula is C26H35N5O5. The molecule has 1 aromatic carbocycles. The fourth-order valence-electron chi connectivity index (χ4n) is 5.02. The minimum Gasteiger partial charge on any atom is -0.394 e. The number of ether oxygens (including phenoxy) is 2. The molecule has 6 atom stereocenters. The number of aromatic nitrogens is 4. The Bertz CT molecular complexity index is 1180. The molecule has 3 aromatic rings. The smallest absolute Gasteiger partial charge is 0.167 e. The summed E-state index contributed by atoms with van der Waals surface area (Å²) < 4.78 is 13.5. The largest absolute Gasteiger partial charge is 0.394 e. The Hall–Kier alpha value is -2.63. The van der Waals surface area contributed by atoms with Crippen LogP contribution in [0, 0.1) is 0 Å². The molecule has 10 heteroatoms. The SMILES string of the molecule is CC(C)(C)c1ccc(CO[C@@H]2CCCC2Nc2ncnc3c2ncn3[C@@H]2OC(CO)[C@@H](O)[C@H]2O)cc1. The highest BCUT2D eigenvalue weighted by atomic mass is 16.6. The summed E-state index contributed by atoms with van der Waals surface area (Å²) in [6, 6.07) is 8.69. The standard InChI is InChI=1S/C26H35N5O5/c1-26(2,3)16-9-7-15(8-10-16)12-35-18-6-4-5-17(18)30-23-20-24(28-13-27-23)31(14-29-20)25-22(34)21(33)19(11-32)36-25/h7-10,13-14,17-19,21-22,25,32-34H,4-6,11-12H2,1-3H3,(H,27,28,30)/t17?,18-,19?,21-,22-,25-/m1/s1. The van der Waals surface area contributed by atoms with Gasteiger partial charge < -0.3 is 30.1 Å². The monoisotopic (exact) mass is 497 g/mol. The van der Waals surface area contributed by atoms with E-state index in [1.165, 1.54) is 18.2 Å². The molecular weight excluding hydrogens is 462 g/mol. The predicted molar refractivity (Wildman–Crippen MR) is 133 cm³/mol. The summed E-state index contributed by atoms with van der Waals surface area (Å²) in [4.78, 5) is 13.2. The topological polar surface area (TPSA) is 135 Å². The minimum atomic E-state index is -1.21. The van der Waals surface area contributed by atoms with Gasteiger partial charge in [0.2, 0.25) is 0 Å². The first-order chi connectivity index (χ1) is 17.3. The van der Waals surface area contributed by atoms with Crippen molar-refractivity contribution in [1.82, 2.24) is 19.5 Å². The van der Waals surface area contributed by atoms with Crippen LogP contribution < -0.4 is 5.32 Å². The van der Waals surface area contributed by atoms with Crippen molar-refractivity contribution >= 4 is 17.0 Å². The summed E-state index contributed by atoms with van der Waals surface area (Å²) in [6.07, 6.45) is 1.77. The Morgan fingerprint density at radius 2 is 1.86 bits per heavy atom. The molecule has 0 amide bonds. The highest BCUT2D eigenvalue weighted by molar-refractivity contribution is 5.82. The number of anilines is 1. The molecule has 3 heterocycles. The van der Waals surface area contributed by atoms with E-state index in [1.807, 2.05) is 0 Å². The van der Waals surface area contributed by atoms with Crippen LogP contribution in [-0.4, -0.2) is 71.9 Å². The lowest BCUT2D eigenvalue weighted by Crippen LogP contribution is -2.33. The van der Waals surface area contributed by atoms with Gasteiger partial charge in [-0.15, -0.1) is 0 Å². The number of nitrogens with zero attached hydrogens (tertiary/aromatic N) is 4. The first-order valence-corrected chi connectivity index (χ1v) is 12.5. The van der Waals surface area contributed by atoms with Gasteiger partial charge in [0.05, 0.1) is 31.7 Å². The van der Waals surface area contributed by atoms with Crippen molar-refractivity contribution in [1.29, 1.82) is 0 Å². The number of benzene rings is 1. The van der Waals surface area contributed by atoms with Gasteiger partial charge in [-0.3, -0.25) is 4.57 Å². The normalized spacial score (nSPS) is 28.7. The minimum absolute atomic E-state index is 0.0415. The van der Waals surface area contributed by atoms with Gasteiger partial charge in [-0.25, -0.2) is 15.0 Å². The Balaban J connectivity index is 1.28. The quantitative estimate of drug-likeness (QED) is 0.388. The maximum Gasteiger partial charge on any atom is 0.167 e. The van der Waals surface area contributed by atoms with Crippen molar-refractivity contribution in [3.05, 3.63) is 48.0 Å². The first-order valence-electron chi connectivity index (χ1n) is 12.5. The van der Waals surface area contributed by atoms with Crippen LogP contribution in [0.1, 0.15) is 57.4 Å². The number of hydrogen-bond acceptors (Lipinski definition) is 9. The molecule has 2 unspecified atom stereocenters. The van der Waals surface area contributed by atoms with Crippen LogP contribution in [0.4, 0.5) is 5.82 Å². The number of aliphatic hydroxyl groups is 3. The molecule has 2 aromatic heterocycles. The first kappa shape index (κ1) is 25.0. The van der Waals surface area contributed by atoms with Gasteiger partial charge in [0, 0.05) is 0 Å². The Morgan fingerprint density at radius 3 is 2.56 bits per heavy atom. The third kappa shape index (κ3) is 4.83. The fraction of sp³-hybridized carbons (Fsp3) is 0.577. The number of hydrogen-bond donors (Lipinski definition) is 4. The molecule has 2 aliphatic rings. The zero-order valence-electron chi connectivity index (χ0n) is 20.9. The molecule has 1 aliphatic carbocycles. The second-order valence-corrected chi connectivity index (χ2v) is 10.8. The molecule has 5 rings (SSSR count). The highest BCUT2D eigenvalue weighted by Gasteiger charge is 2.44. The number of fused-ring (bicyclic) bond motifs is 1. The average molecular weight is 498 g/mol. The molecule has 0 radical (unpaired) electrons. The van der Waals surface area contributed by atoms with Crippen molar-refractivity contribution < 1.29 is 24.8 Å². The van der Waals surface area contributed by atoms with E-state index in [0.29, 0.717) is 23.6 Å². The van der Waals surface area contributed by atoms with Gasteiger partial charge in [0.25, 0.3) is 0 Å². The van der Waals surface area contributed by atoms with E-state index in [2.05, 4.69) is 65.3 Å². The van der Waals surface area contributed by atoms with E-state index in [9.17, 15) is 15.3 Å². The summed E-state index contributed by atoms with van der Waals surface area (Å²) in [5.41, 5.74) is 3.58. The fourth-order valence-corrected chi connectivity index (χ4v) is 5.02. The van der Waals surface area contributed by atoms with E-state index in [0.717, 1.165) is 24.8 Å². The van der Waals surface area contributed by atoms with Gasteiger partial charge in [-0.05, 0) is 35.8 Å². The Morgan fingerprint density at radius 1 is 1.08 bits per heavy atom. The molecule has 0 spiro atoms. The van der Waals surface area contributed by atoms with Crippen molar-refractivity contribution in [2.45, 2.75) is 88.7 Å². The summed E-state index contributed by atoms with van der Waals surface area (Å²) in [5, 5.41) is 33.4. The molecule has 194 valence electrons. The lowest BCUT2D eigenvalue weighted by atomic mass is 9.87. The van der Waals surface area contributed by atoms with Crippen molar-refractivity contribution in [3.63, 3.8) is 0 Å². The maximum atomic E-state index is 10.4. The van der Waals surface area contributed by atoms with E-state index in [-0.39, 0.29) is 17.6 Å². The van der Waals surface area contributed by atoms with Crippen LogP contribution in [0.25, 0.3) is 11.2 Å². The lowest BCUT2D eigenvalue weighted by molar-refractivity contribution is -0.0511. The predicted octanol–water partition coefficient (Wildman–Crippen LogP) is 2.29. The summed E-state index contributed by atoms with van der Waals surface area (Å²) in [6.45, 7) is 6.77. The van der Waals surface area contributed by atoms with E-state index in [1.54, 1.807) is 4.57 Å².